The fraction of sp³-hybridized carbons (Fsp3) is 0.333. The highest BCUT2D eigenvalue weighted by Crippen LogP contribution is 2.27. The van der Waals surface area contributed by atoms with Gasteiger partial charge in [-0.25, -0.2) is 0 Å². The van der Waals surface area contributed by atoms with Gasteiger partial charge >= 0.3 is 0 Å². The Hall–Kier alpha value is -2.93. The highest BCUT2D eigenvalue weighted by molar-refractivity contribution is 8.00. The first kappa shape index (κ1) is 21.3. The van der Waals surface area contributed by atoms with E-state index in [1.54, 1.807) is 4.57 Å². The molecule has 7 heteroatoms. The van der Waals surface area contributed by atoms with Crippen LogP contribution in [0.2, 0.25) is 0 Å². The highest BCUT2D eigenvalue weighted by atomic mass is 32.2. The van der Waals surface area contributed by atoms with E-state index in [0.717, 1.165) is 24.8 Å². The van der Waals surface area contributed by atoms with Crippen molar-refractivity contribution < 1.29 is 4.79 Å². The van der Waals surface area contributed by atoms with E-state index in [1.165, 1.54) is 17.3 Å². The molecule has 0 aliphatic heterocycles. The summed E-state index contributed by atoms with van der Waals surface area (Å²) in [6.07, 6.45) is 2.80. The molecule has 0 saturated heterocycles. The van der Waals surface area contributed by atoms with E-state index in [1.807, 2.05) is 59.9 Å². The van der Waals surface area contributed by atoms with Crippen molar-refractivity contribution in [3.63, 3.8) is 0 Å². The number of benzene rings is 2. The number of Topliss-reactive ketones (excluding diaryl/α,β-unsaturated/α-hetero) is 1. The van der Waals surface area contributed by atoms with Crippen molar-refractivity contribution in [2.75, 3.05) is 0 Å². The summed E-state index contributed by atoms with van der Waals surface area (Å²) in [4.78, 5) is 26.0. The summed E-state index contributed by atoms with van der Waals surface area (Å²) in [7, 11) is 0. The van der Waals surface area contributed by atoms with Gasteiger partial charge < -0.3 is 0 Å². The molecule has 0 aliphatic rings. The van der Waals surface area contributed by atoms with Crippen molar-refractivity contribution in [3.05, 3.63) is 70.0 Å². The second kappa shape index (κ2) is 9.06. The Bertz CT molecular complexity index is 1290. The molecule has 31 heavy (non-hydrogen) atoms. The molecule has 0 saturated carbocycles. The number of unbranched alkanes of at least 4 members (excludes halogenated alkanes) is 1. The maximum absolute atomic E-state index is 13.0. The first-order valence-electron chi connectivity index (χ1n) is 10.7. The third kappa shape index (κ3) is 4.02. The topological polar surface area (TPSA) is 69.3 Å². The van der Waals surface area contributed by atoms with Gasteiger partial charge in [-0.3, -0.25) is 18.6 Å². The van der Waals surface area contributed by atoms with Crippen LogP contribution in [-0.4, -0.2) is 30.2 Å². The smallest absolute Gasteiger partial charge is 0.262 e. The maximum atomic E-state index is 13.0. The van der Waals surface area contributed by atoms with Gasteiger partial charge in [0, 0.05) is 12.1 Å². The molecule has 2 aromatic carbocycles. The molecular formula is C24H26N4O2S. The largest absolute Gasteiger partial charge is 0.293 e. The summed E-state index contributed by atoms with van der Waals surface area (Å²) in [6.45, 7) is 6.66. The normalized spacial score (nSPS) is 12.5. The summed E-state index contributed by atoms with van der Waals surface area (Å²) in [5.41, 5.74) is 2.60. The van der Waals surface area contributed by atoms with E-state index < -0.39 is 0 Å². The van der Waals surface area contributed by atoms with E-state index in [9.17, 15) is 9.59 Å². The Morgan fingerprint density at radius 1 is 1.06 bits per heavy atom. The van der Waals surface area contributed by atoms with Gasteiger partial charge in [-0.2, -0.15) is 0 Å². The predicted molar refractivity (Wildman–Crippen MR) is 125 cm³/mol. The van der Waals surface area contributed by atoms with Gasteiger partial charge in [0.25, 0.3) is 5.56 Å². The van der Waals surface area contributed by atoms with Crippen LogP contribution < -0.4 is 5.56 Å². The van der Waals surface area contributed by atoms with Crippen LogP contribution in [0.5, 0.6) is 0 Å². The monoisotopic (exact) mass is 434 g/mol. The molecule has 0 N–H and O–H groups in total. The summed E-state index contributed by atoms with van der Waals surface area (Å²) in [6, 6.07) is 15.3. The molecule has 0 amide bonds. The lowest BCUT2D eigenvalue weighted by Crippen LogP contribution is -2.23. The Morgan fingerprint density at radius 3 is 2.52 bits per heavy atom. The number of carbonyl (C=O) groups is 1. The number of para-hydroxylation sites is 1. The lowest BCUT2D eigenvalue weighted by molar-refractivity contribution is 0.0994. The van der Waals surface area contributed by atoms with Crippen molar-refractivity contribution in [3.8, 4) is 0 Å². The molecule has 0 aliphatic carbocycles. The third-order valence-electron chi connectivity index (χ3n) is 5.51. The van der Waals surface area contributed by atoms with Crippen LogP contribution in [0.3, 0.4) is 0 Å². The zero-order valence-electron chi connectivity index (χ0n) is 18.0. The predicted octanol–water partition coefficient (Wildman–Crippen LogP) is 4.77. The molecule has 0 bridgehead atoms. The van der Waals surface area contributed by atoms with E-state index >= 15 is 0 Å². The van der Waals surface area contributed by atoms with E-state index in [4.69, 9.17) is 0 Å². The van der Waals surface area contributed by atoms with E-state index in [0.29, 0.717) is 28.4 Å². The summed E-state index contributed by atoms with van der Waals surface area (Å²) >= 11 is 1.37. The van der Waals surface area contributed by atoms with Gasteiger partial charge in [0.15, 0.2) is 10.9 Å². The molecule has 0 fully saturated rings. The van der Waals surface area contributed by atoms with E-state index in [2.05, 4.69) is 24.0 Å². The minimum absolute atomic E-state index is 0.0491. The van der Waals surface area contributed by atoms with Crippen LogP contribution in [0, 0.1) is 0 Å². The maximum Gasteiger partial charge on any atom is 0.262 e. The number of rotatable bonds is 8. The van der Waals surface area contributed by atoms with Crippen LogP contribution in [0.4, 0.5) is 0 Å². The number of hydrogen-bond acceptors (Lipinski definition) is 5. The molecule has 2 heterocycles. The second-order valence-electron chi connectivity index (χ2n) is 7.62. The summed E-state index contributed by atoms with van der Waals surface area (Å²) < 4.78 is 3.60. The first-order valence-corrected chi connectivity index (χ1v) is 11.6. The lowest BCUT2D eigenvalue weighted by Gasteiger charge is -2.12. The van der Waals surface area contributed by atoms with Gasteiger partial charge in [-0.1, -0.05) is 68.4 Å². The fourth-order valence-corrected chi connectivity index (χ4v) is 4.61. The number of aryl methyl sites for hydroxylation is 2. The Morgan fingerprint density at radius 2 is 1.81 bits per heavy atom. The standard InChI is InChI=1S/C24H26N4O2S/c1-4-6-15-27-22(30)19-9-7-8-10-20(19)28-23(27)25-26-24(28)31-16(3)21(29)18-13-11-17(5-2)12-14-18/h7-14,16H,4-6,15H2,1-3H3. The quantitative estimate of drug-likeness (QED) is 0.295. The minimum atomic E-state index is -0.338. The number of thioether (sulfide) groups is 1. The van der Waals surface area contributed by atoms with Crippen LogP contribution in [0.1, 0.15) is 49.5 Å². The zero-order valence-corrected chi connectivity index (χ0v) is 18.9. The fourth-order valence-electron chi connectivity index (χ4n) is 3.68. The molecule has 1 atom stereocenters. The zero-order chi connectivity index (χ0) is 22.0. The summed E-state index contributed by atoms with van der Waals surface area (Å²) in [5.74, 6) is 0.569. The molecular weight excluding hydrogens is 408 g/mol. The van der Waals surface area contributed by atoms with Crippen molar-refractivity contribution in [1.29, 1.82) is 0 Å². The molecule has 4 aromatic rings. The van der Waals surface area contributed by atoms with Crippen molar-refractivity contribution >= 4 is 34.2 Å². The van der Waals surface area contributed by atoms with Crippen LogP contribution in [0.25, 0.3) is 16.7 Å². The average molecular weight is 435 g/mol. The number of carbonyl (C=O) groups excluding carboxylic acids is 1. The van der Waals surface area contributed by atoms with E-state index in [-0.39, 0.29) is 16.6 Å². The van der Waals surface area contributed by atoms with Gasteiger partial charge in [0.1, 0.15) is 0 Å². The molecule has 1 unspecified atom stereocenters. The SMILES string of the molecule is CCCCn1c(=O)c2ccccc2n2c(SC(C)C(=O)c3ccc(CC)cc3)nnc12. The molecule has 4 rings (SSSR count). The second-order valence-corrected chi connectivity index (χ2v) is 8.93. The number of hydrogen-bond donors (Lipinski definition) is 0. The number of ketones is 1. The van der Waals surface area contributed by atoms with Crippen LogP contribution >= 0.6 is 11.8 Å². The van der Waals surface area contributed by atoms with Gasteiger partial charge in [0.05, 0.1) is 16.2 Å². The van der Waals surface area contributed by atoms with Crippen molar-refractivity contribution in [1.82, 2.24) is 19.2 Å². The van der Waals surface area contributed by atoms with Gasteiger partial charge in [-0.15, -0.1) is 10.2 Å². The Labute approximate surface area is 185 Å². The van der Waals surface area contributed by atoms with Crippen LogP contribution in [0.15, 0.2) is 58.5 Å². The minimum Gasteiger partial charge on any atom is -0.293 e. The molecule has 160 valence electrons. The highest BCUT2D eigenvalue weighted by Gasteiger charge is 2.22. The lowest BCUT2D eigenvalue weighted by atomic mass is 10.1. The molecule has 2 aromatic heterocycles. The molecule has 0 radical (unpaired) electrons. The summed E-state index contributed by atoms with van der Waals surface area (Å²) in [5, 5.41) is 9.60. The molecule has 0 spiro atoms. The van der Waals surface area contributed by atoms with Crippen LogP contribution in [-0.2, 0) is 13.0 Å². The van der Waals surface area contributed by atoms with Crippen molar-refractivity contribution in [2.24, 2.45) is 0 Å². The molecule has 6 nitrogen and oxygen atoms in total. The number of aromatic nitrogens is 4. The first-order chi connectivity index (χ1) is 15.0. The van der Waals surface area contributed by atoms with Gasteiger partial charge in [-0.05, 0) is 37.5 Å². The number of nitrogens with zero attached hydrogens (tertiary/aromatic N) is 4. The van der Waals surface area contributed by atoms with Crippen molar-refractivity contribution in [2.45, 2.75) is 57.0 Å². The third-order valence-corrected chi connectivity index (χ3v) is 6.55. The average Bonchev–Trinajstić information content (AvgIpc) is 3.22. The van der Waals surface area contributed by atoms with Gasteiger partial charge in [0.2, 0.25) is 5.78 Å². The Balaban J connectivity index is 1.75. The Kier molecular flexibility index (Phi) is 6.23. The number of fused-ring (bicyclic) bond motifs is 3.